The number of rotatable bonds is 6. The molecule has 1 aliphatic rings. The second kappa shape index (κ2) is 6.27. The molecule has 0 aromatic carbocycles. The van der Waals surface area contributed by atoms with E-state index in [0.717, 1.165) is 19.5 Å². The first-order chi connectivity index (χ1) is 6.33. The van der Waals surface area contributed by atoms with Crippen molar-refractivity contribution >= 4 is 17.7 Å². The standard InChI is InChI=1S/C9H18N2OS/c1-2-4-11-9(12)3-5-10-8-6-13-7-8/h8,10H,2-7H2,1H3,(H,11,12). The molecule has 0 saturated carbocycles. The van der Waals surface area contributed by atoms with Crippen LogP contribution < -0.4 is 10.6 Å². The molecule has 3 nitrogen and oxygen atoms in total. The van der Waals surface area contributed by atoms with Crippen LogP contribution in [0.3, 0.4) is 0 Å². The van der Waals surface area contributed by atoms with Crippen molar-refractivity contribution in [1.82, 2.24) is 10.6 Å². The second-order valence-corrected chi connectivity index (χ2v) is 4.36. The molecule has 1 amide bonds. The summed E-state index contributed by atoms with van der Waals surface area (Å²) in [5.74, 6) is 2.58. The monoisotopic (exact) mass is 202 g/mol. The molecule has 1 heterocycles. The summed E-state index contributed by atoms with van der Waals surface area (Å²) >= 11 is 1.95. The minimum absolute atomic E-state index is 0.168. The van der Waals surface area contributed by atoms with Crippen LogP contribution in [0.5, 0.6) is 0 Å². The second-order valence-electron chi connectivity index (χ2n) is 3.29. The van der Waals surface area contributed by atoms with Gasteiger partial charge in [-0.1, -0.05) is 6.92 Å². The quantitative estimate of drug-likeness (QED) is 0.663. The Bertz CT molecular complexity index is 160. The minimum atomic E-state index is 0.168. The molecule has 4 heteroatoms. The van der Waals surface area contributed by atoms with Crippen LogP contribution in [-0.2, 0) is 4.79 Å². The lowest BCUT2D eigenvalue weighted by atomic mass is 10.3. The van der Waals surface area contributed by atoms with Crippen molar-refractivity contribution in [3.8, 4) is 0 Å². The first-order valence-corrected chi connectivity index (χ1v) is 6.06. The molecule has 2 N–H and O–H groups in total. The number of carbonyl (C=O) groups is 1. The van der Waals surface area contributed by atoms with E-state index < -0.39 is 0 Å². The van der Waals surface area contributed by atoms with Gasteiger partial charge in [0.15, 0.2) is 0 Å². The van der Waals surface area contributed by atoms with Crippen molar-refractivity contribution in [2.75, 3.05) is 24.6 Å². The van der Waals surface area contributed by atoms with Crippen LogP contribution in [0.15, 0.2) is 0 Å². The van der Waals surface area contributed by atoms with Crippen molar-refractivity contribution in [1.29, 1.82) is 0 Å². The Morgan fingerprint density at radius 2 is 2.23 bits per heavy atom. The average Bonchev–Trinajstić information content (AvgIpc) is 2.06. The van der Waals surface area contributed by atoms with Crippen LogP contribution in [0.1, 0.15) is 19.8 Å². The fourth-order valence-electron chi connectivity index (χ4n) is 1.10. The molecule has 1 fully saturated rings. The first kappa shape index (κ1) is 10.9. The minimum Gasteiger partial charge on any atom is -0.356 e. The summed E-state index contributed by atoms with van der Waals surface area (Å²) < 4.78 is 0. The third-order valence-corrected chi connectivity index (χ3v) is 3.27. The van der Waals surface area contributed by atoms with Gasteiger partial charge in [0.25, 0.3) is 0 Å². The maximum Gasteiger partial charge on any atom is 0.221 e. The summed E-state index contributed by atoms with van der Waals surface area (Å²) in [4.78, 5) is 11.1. The number of thioether (sulfide) groups is 1. The highest BCUT2D eigenvalue weighted by atomic mass is 32.2. The number of hydrogen-bond acceptors (Lipinski definition) is 3. The van der Waals surface area contributed by atoms with E-state index >= 15 is 0 Å². The van der Waals surface area contributed by atoms with Crippen LogP contribution in [0.4, 0.5) is 0 Å². The maximum absolute atomic E-state index is 11.1. The molecule has 1 aliphatic heterocycles. The van der Waals surface area contributed by atoms with Gasteiger partial charge in [-0.05, 0) is 6.42 Å². The number of hydrogen-bond donors (Lipinski definition) is 2. The van der Waals surface area contributed by atoms with Gasteiger partial charge in [-0.25, -0.2) is 0 Å². The summed E-state index contributed by atoms with van der Waals surface area (Å²) in [6, 6.07) is 0.656. The number of amides is 1. The van der Waals surface area contributed by atoms with E-state index in [1.165, 1.54) is 11.5 Å². The molecule has 0 radical (unpaired) electrons. The fourth-order valence-corrected chi connectivity index (χ4v) is 1.80. The van der Waals surface area contributed by atoms with Gasteiger partial charge in [0, 0.05) is 37.1 Å². The predicted octanol–water partition coefficient (Wildman–Crippen LogP) is 0.608. The van der Waals surface area contributed by atoms with Crippen LogP contribution in [0.2, 0.25) is 0 Å². The molecular formula is C9H18N2OS. The molecule has 13 heavy (non-hydrogen) atoms. The molecule has 0 unspecified atom stereocenters. The van der Waals surface area contributed by atoms with Crippen LogP contribution >= 0.6 is 11.8 Å². The van der Waals surface area contributed by atoms with Crippen molar-refractivity contribution in [2.45, 2.75) is 25.8 Å². The van der Waals surface area contributed by atoms with Crippen molar-refractivity contribution in [3.05, 3.63) is 0 Å². The Morgan fingerprint density at radius 1 is 1.46 bits per heavy atom. The molecule has 76 valence electrons. The van der Waals surface area contributed by atoms with Crippen molar-refractivity contribution in [3.63, 3.8) is 0 Å². The SMILES string of the molecule is CCCNC(=O)CCNC1CSC1. The van der Waals surface area contributed by atoms with E-state index in [1.54, 1.807) is 0 Å². The van der Waals surface area contributed by atoms with Crippen molar-refractivity contribution in [2.24, 2.45) is 0 Å². The Kier molecular flexibility index (Phi) is 5.23. The summed E-state index contributed by atoms with van der Waals surface area (Å²) in [6.07, 6.45) is 1.62. The van der Waals surface area contributed by atoms with Crippen LogP contribution in [0.25, 0.3) is 0 Å². The first-order valence-electron chi connectivity index (χ1n) is 4.90. The average molecular weight is 202 g/mol. The normalized spacial score (nSPS) is 16.7. The van der Waals surface area contributed by atoms with E-state index in [4.69, 9.17) is 0 Å². The fraction of sp³-hybridized carbons (Fsp3) is 0.889. The highest BCUT2D eigenvalue weighted by Gasteiger charge is 2.16. The molecular weight excluding hydrogens is 184 g/mol. The van der Waals surface area contributed by atoms with Crippen molar-refractivity contribution < 1.29 is 4.79 Å². The lowest BCUT2D eigenvalue weighted by molar-refractivity contribution is -0.121. The van der Waals surface area contributed by atoms with E-state index in [0.29, 0.717) is 12.5 Å². The van der Waals surface area contributed by atoms with Gasteiger partial charge < -0.3 is 10.6 Å². The van der Waals surface area contributed by atoms with Gasteiger partial charge in [-0.2, -0.15) is 11.8 Å². The largest absolute Gasteiger partial charge is 0.356 e. The highest BCUT2D eigenvalue weighted by molar-refractivity contribution is 8.00. The van der Waals surface area contributed by atoms with Gasteiger partial charge in [-0.3, -0.25) is 4.79 Å². The molecule has 0 aliphatic carbocycles. The molecule has 0 aromatic heterocycles. The van der Waals surface area contributed by atoms with Gasteiger partial charge in [0.2, 0.25) is 5.91 Å². The van der Waals surface area contributed by atoms with Crippen LogP contribution in [0, 0.1) is 0 Å². The lowest BCUT2D eigenvalue weighted by Crippen LogP contribution is -2.42. The summed E-state index contributed by atoms with van der Waals surface area (Å²) in [6.45, 7) is 3.68. The zero-order valence-electron chi connectivity index (χ0n) is 8.14. The Hall–Kier alpha value is -0.220. The van der Waals surface area contributed by atoms with Gasteiger partial charge in [0.1, 0.15) is 0 Å². The summed E-state index contributed by atoms with van der Waals surface area (Å²) in [5, 5.41) is 6.20. The van der Waals surface area contributed by atoms with Gasteiger partial charge in [-0.15, -0.1) is 0 Å². The molecule has 0 spiro atoms. The molecule has 0 aromatic rings. The molecule has 1 rings (SSSR count). The van der Waals surface area contributed by atoms with E-state index in [-0.39, 0.29) is 5.91 Å². The molecule has 0 bridgehead atoms. The highest BCUT2D eigenvalue weighted by Crippen LogP contribution is 2.16. The Labute approximate surface area is 84.0 Å². The van der Waals surface area contributed by atoms with E-state index in [2.05, 4.69) is 17.6 Å². The third-order valence-electron chi connectivity index (χ3n) is 2.00. The maximum atomic E-state index is 11.1. The van der Waals surface area contributed by atoms with Gasteiger partial charge in [0.05, 0.1) is 0 Å². The van der Waals surface area contributed by atoms with E-state index in [1.807, 2.05) is 11.8 Å². The molecule has 0 atom stereocenters. The number of nitrogens with one attached hydrogen (secondary N) is 2. The zero-order chi connectivity index (χ0) is 9.52. The van der Waals surface area contributed by atoms with E-state index in [9.17, 15) is 4.79 Å². The summed E-state index contributed by atoms with van der Waals surface area (Å²) in [5.41, 5.74) is 0. The number of carbonyl (C=O) groups excluding carboxylic acids is 1. The summed E-state index contributed by atoms with van der Waals surface area (Å²) in [7, 11) is 0. The Balaban J connectivity index is 1.88. The zero-order valence-corrected chi connectivity index (χ0v) is 8.95. The molecule has 1 saturated heterocycles. The lowest BCUT2D eigenvalue weighted by Gasteiger charge is -2.25. The topological polar surface area (TPSA) is 41.1 Å². The Morgan fingerprint density at radius 3 is 2.77 bits per heavy atom. The van der Waals surface area contributed by atoms with Gasteiger partial charge >= 0.3 is 0 Å². The smallest absolute Gasteiger partial charge is 0.221 e. The predicted molar refractivity (Wildman–Crippen MR) is 57.0 cm³/mol. The van der Waals surface area contributed by atoms with Crippen LogP contribution in [-0.4, -0.2) is 36.5 Å². The third kappa shape index (κ3) is 4.52.